The molecule has 0 aromatic heterocycles. The van der Waals surface area contributed by atoms with Gasteiger partial charge in [-0.05, 0) is 36.4 Å². The van der Waals surface area contributed by atoms with Crippen LogP contribution in [-0.4, -0.2) is 25.4 Å². The van der Waals surface area contributed by atoms with E-state index in [0.29, 0.717) is 32.5 Å². The quantitative estimate of drug-likeness (QED) is 0.414. The van der Waals surface area contributed by atoms with Crippen LogP contribution in [0.4, 0.5) is 35.9 Å². The minimum absolute atomic E-state index is 0.0748. The molecule has 3 aromatic carbocycles. The highest BCUT2D eigenvalue weighted by Crippen LogP contribution is 2.53. The van der Waals surface area contributed by atoms with Crippen molar-refractivity contribution in [2.75, 3.05) is 31.0 Å². The molecule has 0 fully saturated rings. The number of anilines is 4. The molecule has 0 N–H and O–H groups in total. The number of rotatable bonds is 3. The number of nitrogens with zero attached hydrogens (tertiary/aromatic N) is 2. The van der Waals surface area contributed by atoms with Crippen LogP contribution in [0.1, 0.15) is 5.56 Å². The number of methoxy groups -OCH3 is 1. The lowest BCUT2D eigenvalue weighted by Gasteiger charge is -2.36. The number of para-hydroxylation sites is 2. The van der Waals surface area contributed by atoms with Crippen molar-refractivity contribution in [1.29, 1.82) is 0 Å². The molecule has 1 aliphatic rings. The summed E-state index contributed by atoms with van der Waals surface area (Å²) < 4.78 is 59.1. The van der Waals surface area contributed by atoms with Crippen LogP contribution in [0, 0.1) is 0 Å². The summed E-state index contributed by atoms with van der Waals surface area (Å²) in [4.78, 5) is 4.61. The van der Waals surface area contributed by atoms with Crippen LogP contribution in [0.2, 0.25) is 0 Å². The predicted molar refractivity (Wildman–Crippen MR) is 112 cm³/mol. The van der Waals surface area contributed by atoms with Crippen LogP contribution in [0.5, 0.6) is 5.75 Å². The zero-order valence-corrected chi connectivity index (χ0v) is 17.3. The van der Waals surface area contributed by atoms with E-state index >= 15 is 0 Å². The van der Waals surface area contributed by atoms with Gasteiger partial charge in [-0.1, -0.05) is 24.3 Å². The first-order valence-electron chi connectivity index (χ1n) is 9.10. The molecule has 8 heteroatoms. The molecule has 0 unspecified atom stereocenters. The molecule has 3 aromatic rings. The minimum atomic E-state index is -4.52. The van der Waals surface area contributed by atoms with Crippen molar-refractivity contribution in [1.82, 2.24) is 0 Å². The summed E-state index contributed by atoms with van der Waals surface area (Å²) in [5, 5.41) is 0. The lowest BCUT2D eigenvalue weighted by atomic mass is 10.1. The van der Waals surface area contributed by atoms with Crippen LogP contribution in [0.15, 0.2) is 70.5 Å². The fourth-order valence-electron chi connectivity index (χ4n) is 3.56. The Labute approximate surface area is 175 Å². The van der Waals surface area contributed by atoms with E-state index in [1.54, 1.807) is 55.4 Å². The van der Waals surface area contributed by atoms with Gasteiger partial charge in [-0.15, -0.1) is 0 Å². The van der Waals surface area contributed by atoms with Gasteiger partial charge in [-0.3, -0.25) is 0 Å². The van der Waals surface area contributed by atoms with Gasteiger partial charge in [-0.2, -0.15) is 13.2 Å². The van der Waals surface area contributed by atoms with Crippen molar-refractivity contribution >= 4 is 33.5 Å². The van der Waals surface area contributed by atoms with Gasteiger partial charge in [0.15, 0.2) is 0 Å². The Morgan fingerprint density at radius 2 is 1.47 bits per heavy atom. The Bertz CT molecular complexity index is 1100. The van der Waals surface area contributed by atoms with E-state index in [2.05, 4.69) is 0 Å². The Morgan fingerprint density at radius 3 is 1.93 bits per heavy atom. The Balaban J connectivity index is 2.08. The molecule has 1 aliphatic heterocycles. The average molecular weight is 432 g/mol. The van der Waals surface area contributed by atoms with E-state index in [1.165, 1.54) is 7.11 Å². The van der Waals surface area contributed by atoms with Gasteiger partial charge in [0, 0.05) is 14.1 Å². The Hall–Kier alpha value is -3.00. The van der Waals surface area contributed by atoms with E-state index in [0.717, 1.165) is 12.1 Å². The lowest BCUT2D eigenvalue weighted by Crippen LogP contribution is -2.23. The first-order valence-corrected chi connectivity index (χ1v) is 10.3. The van der Waals surface area contributed by atoms with Gasteiger partial charge >= 0.3 is 6.18 Å². The first-order chi connectivity index (χ1) is 14.2. The molecule has 0 saturated heterocycles. The zero-order chi connectivity index (χ0) is 21.6. The van der Waals surface area contributed by atoms with Crippen LogP contribution in [0.3, 0.4) is 0 Å². The minimum Gasteiger partial charge on any atom is -0.494 e. The Kier molecular flexibility index (Phi) is 4.97. The molecular weight excluding hydrogens is 413 g/mol. The summed E-state index contributed by atoms with van der Waals surface area (Å²) in [5.41, 5.74) is 1.26. The highest BCUT2D eigenvalue weighted by Gasteiger charge is 2.36. The predicted octanol–water partition coefficient (Wildman–Crippen LogP) is 5.73. The standard InChI is InChI=1S/C22H19F3N2O2S/c1-26(2)17-12-14(22(23,24)25)13-18(29-3)21(17)27-15-8-4-6-10-19(15)30(28)20-11-7-5-9-16(20)27/h4-13H,1-3H3. The van der Waals surface area contributed by atoms with Crippen LogP contribution in [0.25, 0.3) is 0 Å². The molecule has 156 valence electrons. The lowest BCUT2D eigenvalue weighted by molar-refractivity contribution is -0.137. The van der Waals surface area contributed by atoms with Crippen LogP contribution < -0.4 is 14.5 Å². The molecule has 0 atom stereocenters. The van der Waals surface area contributed by atoms with Crippen molar-refractivity contribution in [3.8, 4) is 5.75 Å². The summed E-state index contributed by atoms with van der Waals surface area (Å²) >= 11 is 0. The molecule has 0 spiro atoms. The van der Waals surface area contributed by atoms with Crippen LogP contribution >= 0.6 is 0 Å². The molecule has 0 radical (unpaired) electrons. The number of alkyl halides is 3. The van der Waals surface area contributed by atoms with E-state index < -0.39 is 22.5 Å². The van der Waals surface area contributed by atoms with E-state index in [4.69, 9.17) is 4.74 Å². The third-order valence-electron chi connectivity index (χ3n) is 4.92. The number of benzene rings is 3. The van der Waals surface area contributed by atoms with Crippen molar-refractivity contribution in [2.45, 2.75) is 16.0 Å². The van der Waals surface area contributed by atoms with E-state index in [1.807, 2.05) is 17.0 Å². The Morgan fingerprint density at radius 1 is 0.933 bits per heavy atom. The number of halogens is 3. The molecule has 30 heavy (non-hydrogen) atoms. The number of hydrogen-bond acceptors (Lipinski definition) is 4. The summed E-state index contributed by atoms with van der Waals surface area (Å²) in [7, 11) is 3.30. The van der Waals surface area contributed by atoms with Crippen LogP contribution in [-0.2, 0) is 17.0 Å². The molecular formula is C22H19F3N2O2S. The summed E-state index contributed by atoms with van der Waals surface area (Å²) in [6.07, 6.45) is -4.52. The smallest absolute Gasteiger partial charge is 0.416 e. The second-order valence-corrected chi connectivity index (χ2v) is 8.40. The van der Waals surface area contributed by atoms with Crippen molar-refractivity contribution in [3.05, 3.63) is 66.2 Å². The maximum atomic E-state index is 13.5. The number of hydrogen-bond donors (Lipinski definition) is 0. The van der Waals surface area contributed by atoms with Gasteiger partial charge in [0.2, 0.25) is 0 Å². The third-order valence-corrected chi connectivity index (χ3v) is 6.41. The second kappa shape index (κ2) is 7.36. The van der Waals surface area contributed by atoms with Gasteiger partial charge in [0.25, 0.3) is 0 Å². The maximum absolute atomic E-state index is 13.5. The molecule has 4 rings (SSSR count). The fourth-order valence-corrected chi connectivity index (χ4v) is 4.90. The van der Waals surface area contributed by atoms with Gasteiger partial charge in [0.1, 0.15) is 11.4 Å². The molecule has 4 nitrogen and oxygen atoms in total. The third kappa shape index (κ3) is 3.21. The highest BCUT2D eigenvalue weighted by molar-refractivity contribution is 7.85. The normalized spacial score (nSPS) is 13.6. The van der Waals surface area contributed by atoms with Crippen molar-refractivity contribution < 1.29 is 22.1 Å². The van der Waals surface area contributed by atoms with Gasteiger partial charge in [-0.25, -0.2) is 4.21 Å². The molecule has 0 bridgehead atoms. The largest absolute Gasteiger partial charge is 0.494 e. The first kappa shape index (κ1) is 20.3. The zero-order valence-electron chi connectivity index (χ0n) is 16.5. The van der Waals surface area contributed by atoms with E-state index in [9.17, 15) is 17.4 Å². The SMILES string of the molecule is COc1cc(C(F)(F)F)cc(N(C)C)c1N1c2ccccc2S(=O)c2ccccc21. The average Bonchev–Trinajstić information content (AvgIpc) is 2.73. The molecule has 0 saturated carbocycles. The number of ether oxygens (including phenoxy) is 1. The molecule has 0 amide bonds. The molecule has 1 heterocycles. The van der Waals surface area contributed by atoms with E-state index in [-0.39, 0.29) is 5.75 Å². The molecule has 0 aliphatic carbocycles. The monoisotopic (exact) mass is 432 g/mol. The maximum Gasteiger partial charge on any atom is 0.416 e. The topological polar surface area (TPSA) is 32.8 Å². The highest BCUT2D eigenvalue weighted by atomic mass is 32.2. The summed E-state index contributed by atoms with van der Waals surface area (Å²) in [6.45, 7) is 0. The fraction of sp³-hybridized carbons (Fsp3) is 0.182. The summed E-state index contributed by atoms with van der Waals surface area (Å²) in [5.74, 6) is 0.0748. The van der Waals surface area contributed by atoms with Gasteiger partial charge < -0.3 is 14.5 Å². The summed E-state index contributed by atoms with van der Waals surface area (Å²) in [6, 6.07) is 16.4. The second-order valence-electron chi connectivity index (χ2n) is 6.98. The van der Waals surface area contributed by atoms with Gasteiger partial charge in [0.05, 0.1) is 50.3 Å². The van der Waals surface area contributed by atoms with Crippen molar-refractivity contribution in [2.24, 2.45) is 0 Å². The van der Waals surface area contributed by atoms with Crippen molar-refractivity contribution in [3.63, 3.8) is 0 Å². The number of fused-ring (bicyclic) bond motifs is 2.